The molecule has 1 N–H and O–H groups in total. The maximum Gasteiger partial charge on any atom is 0.270 e. The van der Waals surface area contributed by atoms with Crippen molar-refractivity contribution in [2.24, 2.45) is 5.92 Å². The van der Waals surface area contributed by atoms with Crippen LogP contribution in [-0.4, -0.2) is 41.4 Å². The summed E-state index contributed by atoms with van der Waals surface area (Å²) in [5.41, 5.74) is 0.113. The number of hydrogen-bond acceptors (Lipinski definition) is 5. The molecule has 1 saturated carbocycles. The number of nitrogens with zero attached hydrogens (tertiary/aromatic N) is 2. The number of rotatable bonds is 7. The van der Waals surface area contributed by atoms with E-state index in [9.17, 15) is 14.9 Å². The normalized spacial score (nSPS) is 17.2. The standard InChI is InChI=1S/C22H25N3O4/c26-22(24-12-10-17(11-13-24)23-15-16-6-7-16)20-14-18(25(27)28)8-9-21(20)29-19-4-2-1-3-5-19/h1-5,8-9,14,16-17,23H,6-7,10-13,15H2. The van der Waals surface area contributed by atoms with Gasteiger partial charge in [-0.3, -0.25) is 14.9 Å². The highest BCUT2D eigenvalue weighted by atomic mass is 16.6. The minimum atomic E-state index is -0.489. The molecule has 1 amide bonds. The van der Waals surface area contributed by atoms with Gasteiger partial charge in [-0.15, -0.1) is 0 Å². The summed E-state index contributed by atoms with van der Waals surface area (Å²) in [4.78, 5) is 25.7. The number of nitro groups is 1. The average molecular weight is 395 g/mol. The van der Waals surface area contributed by atoms with Crippen LogP contribution in [-0.2, 0) is 0 Å². The zero-order valence-electron chi connectivity index (χ0n) is 16.3. The fraction of sp³-hybridized carbons (Fsp3) is 0.409. The molecule has 2 aromatic rings. The molecule has 1 aliphatic heterocycles. The molecule has 0 spiro atoms. The van der Waals surface area contributed by atoms with Crippen molar-refractivity contribution >= 4 is 11.6 Å². The summed E-state index contributed by atoms with van der Waals surface area (Å²) >= 11 is 0. The molecule has 7 heteroatoms. The molecule has 1 aliphatic carbocycles. The van der Waals surface area contributed by atoms with Gasteiger partial charge in [0.05, 0.1) is 10.5 Å². The quantitative estimate of drug-likeness (QED) is 0.566. The average Bonchev–Trinajstić information content (AvgIpc) is 3.57. The van der Waals surface area contributed by atoms with E-state index in [1.54, 1.807) is 17.0 Å². The lowest BCUT2D eigenvalue weighted by molar-refractivity contribution is -0.384. The molecule has 7 nitrogen and oxygen atoms in total. The molecule has 1 saturated heterocycles. The maximum absolute atomic E-state index is 13.2. The largest absolute Gasteiger partial charge is 0.457 e. The smallest absolute Gasteiger partial charge is 0.270 e. The summed E-state index contributed by atoms with van der Waals surface area (Å²) in [5.74, 6) is 1.52. The number of non-ortho nitro benzene ring substituents is 1. The van der Waals surface area contributed by atoms with Gasteiger partial charge in [0.1, 0.15) is 11.5 Å². The van der Waals surface area contributed by atoms with Gasteiger partial charge in [-0.1, -0.05) is 18.2 Å². The molecule has 29 heavy (non-hydrogen) atoms. The lowest BCUT2D eigenvalue weighted by atomic mass is 10.0. The number of hydrogen-bond donors (Lipinski definition) is 1. The van der Waals surface area contributed by atoms with Crippen LogP contribution in [0.5, 0.6) is 11.5 Å². The zero-order chi connectivity index (χ0) is 20.2. The number of carbonyl (C=O) groups is 1. The lowest BCUT2D eigenvalue weighted by Gasteiger charge is -2.33. The summed E-state index contributed by atoms with van der Waals surface area (Å²) in [5, 5.41) is 14.8. The van der Waals surface area contributed by atoms with E-state index in [1.807, 2.05) is 18.2 Å². The number of nitro benzene ring substituents is 1. The Balaban J connectivity index is 1.48. The molecule has 0 atom stereocenters. The van der Waals surface area contributed by atoms with Crippen LogP contribution < -0.4 is 10.1 Å². The van der Waals surface area contributed by atoms with Crippen LogP contribution in [0.15, 0.2) is 48.5 Å². The van der Waals surface area contributed by atoms with Crippen molar-refractivity contribution in [3.05, 3.63) is 64.2 Å². The Morgan fingerprint density at radius 1 is 1.10 bits per heavy atom. The second-order valence-electron chi connectivity index (χ2n) is 7.77. The predicted molar refractivity (Wildman–Crippen MR) is 109 cm³/mol. The van der Waals surface area contributed by atoms with Gasteiger partial charge in [0.25, 0.3) is 11.6 Å². The fourth-order valence-corrected chi connectivity index (χ4v) is 3.62. The summed E-state index contributed by atoms with van der Waals surface area (Å²) in [6.45, 7) is 2.34. The number of ether oxygens (including phenoxy) is 1. The molecule has 4 rings (SSSR count). The number of likely N-dealkylation sites (tertiary alicyclic amines) is 1. The number of carbonyl (C=O) groups excluding carboxylic acids is 1. The predicted octanol–water partition coefficient (Wildman–Crippen LogP) is 3.99. The summed E-state index contributed by atoms with van der Waals surface area (Å²) in [6.07, 6.45) is 4.42. The second-order valence-corrected chi connectivity index (χ2v) is 7.77. The number of piperidine rings is 1. The van der Waals surface area contributed by atoms with E-state index in [-0.39, 0.29) is 17.2 Å². The van der Waals surface area contributed by atoms with Crippen LogP contribution in [0.2, 0.25) is 0 Å². The first-order chi connectivity index (χ1) is 14.1. The summed E-state index contributed by atoms with van der Waals surface area (Å²) < 4.78 is 5.87. The van der Waals surface area contributed by atoms with Gasteiger partial charge in [-0.05, 0) is 56.3 Å². The molecule has 2 aromatic carbocycles. The minimum Gasteiger partial charge on any atom is -0.457 e. The first-order valence-electron chi connectivity index (χ1n) is 10.1. The third-order valence-electron chi connectivity index (χ3n) is 5.55. The molecule has 0 unspecified atom stereocenters. The molecular weight excluding hydrogens is 370 g/mol. The van der Waals surface area contributed by atoms with Crippen molar-refractivity contribution in [1.29, 1.82) is 0 Å². The molecule has 1 heterocycles. The van der Waals surface area contributed by atoms with Gasteiger partial charge in [0.15, 0.2) is 0 Å². The Hall–Kier alpha value is -2.93. The highest BCUT2D eigenvalue weighted by molar-refractivity contribution is 5.97. The van der Waals surface area contributed by atoms with Crippen LogP contribution in [0, 0.1) is 16.0 Å². The number of para-hydroxylation sites is 1. The van der Waals surface area contributed by atoms with Gasteiger partial charge in [-0.25, -0.2) is 0 Å². The van der Waals surface area contributed by atoms with E-state index in [0.29, 0.717) is 30.6 Å². The number of amides is 1. The fourth-order valence-electron chi connectivity index (χ4n) is 3.62. The van der Waals surface area contributed by atoms with Crippen LogP contribution in [0.4, 0.5) is 5.69 Å². The summed E-state index contributed by atoms with van der Waals surface area (Å²) in [7, 11) is 0. The minimum absolute atomic E-state index is 0.116. The Labute approximate surface area is 169 Å². The Morgan fingerprint density at radius 2 is 1.83 bits per heavy atom. The molecule has 2 aliphatic rings. The highest BCUT2D eigenvalue weighted by Gasteiger charge is 2.28. The van der Waals surface area contributed by atoms with Crippen molar-refractivity contribution in [1.82, 2.24) is 10.2 Å². The van der Waals surface area contributed by atoms with E-state index in [0.717, 1.165) is 25.3 Å². The molecule has 152 valence electrons. The molecule has 0 bridgehead atoms. The maximum atomic E-state index is 13.2. The van der Waals surface area contributed by atoms with Crippen LogP contribution >= 0.6 is 0 Å². The van der Waals surface area contributed by atoms with E-state index in [1.165, 1.54) is 31.0 Å². The Bertz CT molecular complexity index is 875. The third-order valence-corrected chi connectivity index (χ3v) is 5.55. The van der Waals surface area contributed by atoms with Crippen LogP contribution in [0.3, 0.4) is 0 Å². The molecular formula is C22H25N3O4. The molecule has 0 aromatic heterocycles. The highest BCUT2D eigenvalue weighted by Crippen LogP contribution is 2.31. The SMILES string of the molecule is O=C(c1cc([N+](=O)[O-])ccc1Oc1ccccc1)N1CCC(NCC2CC2)CC1. The number of benzene rings is 2. The Morgan fingerprint density at radius 3 is 2.48 bits per heavy atom. The van der Waals surface area contributed by atoms with Crippen molar-refractivity contribution in [2.75, 3.05) is 19.6 Å². The van der Waals surface area contributed by atoms with Crippen molar-refractivity contribution in [3.8, 4) is 11.5 Å². The van der Waals surface area contributed by atoms with E-state index in [4.69, 9.17) is 4.74 Å². The van der Waals surface area contributed by atoms with Crippen LogP contribution in [0.1, 0.15) is 36.0 Å². The van der Waals surface area contributed by atoms with E-state index in [2.05, 4.69) is 5.32 Å². The Kier molecular flexibility index (Phi) is 5.76. The summed E-state index contributed by atoms with van der Waals surface area (Å²) in [6, 6.07) is 13.7. The number of nitrogens with one attached hydrogen (secondary N) is 1. The first-order valence-corrected chi connectivity index (χ1v) is 10.1. The van der Waals surface area contributed by atoms with Gasteiger partial charge < -0.3 is 15.0 Å². The van der Waals surface area contributed by atoms with Crippen LogP contribution in [0.25, 0.3) is 0 Å². The van der Waals surface area contributed by atoms with Gasteiger partial charge in [0.2, 0.25) is 0 Å². The first kappa shape index (κ1) is 19.4. The van der Waals surface area contributed by atoms with Gasteiger partial charge >= 0.3 is 0 Å². The monoisotopic (exact) mass is 395 g/mol. The topological polar surface area (TPSA) is 84.7 Å². The van der Waals surface area contributed by atoms with Gasteiger partial charge in [0, 0.05) is 31.3 Å². The van der Waals surface area contributed by atoms with Crippen molar-refractivity contribution in [2.45, 2.75) is 31.7 Å². The lowest BCUT2D eigenvalue weighted by Crippen LogP contribution is -2.45. The van der Waals surface area contributed by atoms with Gasteiger partial charge in [-0.2, -0.15) is 0 Å². The van der Waals surface area contributed by atoms with E-state index < -0.39 is 4.92 Å². The second kappa shape index (κ2) is 8.61. The third kappa shape index (κ3) is 4.92. The molecule has 2 fully saturated rings. The van der Waals surface area contributed by atoms with Crippen molar-refractivity contribution < 1.29 is 14.5 Å². The van der Waals surface area contributed by atoms with Crippen molar-refractivity contribution in [3.63, 3.8) is 0 Å². The van der Waals surface area contributed by atoms with E-state index >= 15 is 0 Å². The molecule has 0 radical (unpaired) electrons. The zero-order valence-corrected chi connectivity index (χ0v) is 16.3.